The Morgan fingerprint density at radius 2 is 1.73 bits per heavy atom. The van der Waals surface area contributed by atoms with Gasteiger partial charge in [0.05, 0.1) is 13.2 Å². The molecule has 1 saturated carbocycles. The van der Waals surface area contributed by atoms with E-state index < -0.39 is 5.97 Å². The minimum Gasteiger partial charge on any atom is -0.481 e. The number of ether oxygens (including phenoxy) is 2. The first-order chi connectivity index (χ1) is 7.04. The van der Waals surface area contributed by atoms with Crippen molar-refractivity contribution in [2.24, 2.45) is 5.73 Å². The maximum absolute atomic E-state index is 9.00. The molecule has 0 unspecified atom stereocenters. The van der Waals surface area contributed by atoms with Crippen molar-refractivity contribution in [2.45, 2.75) is 44.4 Å². The predicted molar refractivity (Wildman–Crippen MR) is 54.4 cm³/mol. The standard InChI is InChI=1S/C8H15NO2.C2H4O2/c9-7-1-3-8(4-2-7)10-5-6-11-8;1-2(3)4/h7H,1-6,9H2;1H3,(H,3,4). The molecule has 1 aliphatic heterocycles. The molecule has 0 aromatic carbocycles. The molecule has 1 spiro atoms. The molecule has 1 aliphatic carbocycles. The maximum Gasteiger partial charge on any atom is 0.300 e. The van der Waals surface area contributed by atoms with Crippen molar-refractivity contribution >= 4 is 5.97 Å². The van der Waals surface area contributed by atoms with Gasteiger partial charge in [0.2, 0.25) is 0 Å². The summed E-state index contributed by atoms with van der Waals surface area (Å²) < 4.78 is 11.1. The van der Waals surface area contributed by atoms with Gasteiger partial charge in [-0.2, -0.15) is 0 Å². The van der Waals surface area contributed by atoms with Gasteiger partial charge in [0.1, 0.15) is 0 Å². The number of carboxylic acid groups (broad SMARTS) is 1. The number of carboxylic acids is 1. The van der Waals surface area contributed by atoms with Crippen LogP contribution in [0.1, 0.15) is 32.6 Å². The first-order valence-corrected chi connectivity index (χ1v) is 5.27. The third kappa shape index (κ3) is 4.15. The summed E-state index contributed by atoms with van der Waals surface area (Å²) in [6.07, 6.45) is 4.04. The van der Waals surface area contributed by atoms with E-state index in [1.807, 2.05) is 0 Å². The van der Waals surface area contributed by atoms with Crippen LogP contribution >= 0.6 is 0 Å². The zero-order valence-corrected chi connectivity index (χ0v) is 9.07. The lowest BCUT2D eigenvalue weighted by atomic mass is 9.91. The van der Waals surface area contributed by atoms with Crippen LogP contribution in [0.4, 0.5) is 0 Å². The highest BCUT2D eigenvalue weighted by Crippen LogP contribution is 2.34. The van der Waals surface area contributed by atoms with Crippen LogP contribution in [0.25, 0.3) is 0 Å². The Kier molecular flexibility index (Phi) is 4.50. The average Bonchev–Trinajstić information content (AvgIpc) is 2.59. The van der Waals surface area contributed by atoms with Gasteiger partial charge in [-0.3, -0.25) is 4.79 Å². The zero-order chi connectivity index (χ0) is 11.3. The molecule has 0 aromatic heterocycles. The number of aliphatic carboxylic acids is 1. The Labute approximate surface area is 89.5 Å². The van der Waals surface area contributed by atoms with Crippen molar-refractivity contribution in [3.05, 3.63) is 0 Å². The van der Waals surface area contributed by atoms with Gasteiger partial charge < -0.3 is 20.3 Å². The summed E-state index contributed by atoms with van der Waals surface area (Å²) in [5, 5.41) is 7.42. The van der Waals surface area contributed by atoms with Gasteiger partial charge in [-0.25, -0.2) is 0 Å². The Balaban J connectivity index is 0.000000245. The number of rotatable bonds is 0. The van der Waals surface area contributed by atoms with Gasteiger partial charge in [0.15, 0.2) is 5.79 Å². The van der Waals surface area contributed by atoms with Gasteiger partial charge in [0, 0.05) is 25.8 Å². The molecular formula is C10H19NO4. The third-order valence-electron chi connectivity index (χ3n) is 2.61. The molecule has 15 heavy (non-hydrogen) atoms. The molecule has 2 fully saturated rings. The summed E-state index contributed by atoms with van der Waals surface area (Å²) in [7, 11) is 0. The van der Waals surface area contributed by atoms with E-state index in [0.717, 1.165) is 45.8 Å². The van der Waals surface area contributed by atoms with E-state index >= 15 is 0 Å². The fourth-order valence-electron chi connectivity index (χ4n) is 1.87. The SMILES string of the molecule is CC(=O)O.NC1CCC2(CC1)OCCO2. The van der Waals surface area contributed by atoms with Crippen LogP contribution in [-0.2, 0) is 14.3 Å². The molecule has 5 nitrogen and oxygen atoms in total. The quantitative estimate of drug-likeness (QED) is 0.625. The molecule has 0 amide bonds. The minimum atomic E-state index is -0.833. The van der Waals surface area contributed by atoms with Crippen molar-refractivity contribution in [1.29, 1.82) is 0 Å². The predicted octanol–water partition coefficient (Wildman–Crippen LogP) is 0.722. The summed E-state index contributed by atoms with van der Waals surface area (Å²) in [6, 6.07) is 0.369. The van der Waals surface area contributed by atoms with Crippen molar-refractivity contribution in [2.75, 3.05) is 13.2 Å². The zero-order valence-electron chi connectivity index (χ0n) is 9.07. The smallest absolute Gasteiger partial charge is 0.300 e. The van der Waals surface area contributed by atoms with Gasteiger partial charge >= 0.3 is 0 Å². The monoisotopic (exact) mass is 217 g/mol. The van der Waals surface area contributed by atoms with Crippen LogP contribution in [0.3, 0.4) is 0 Å². The van der Waals surface area contributed by atoms with Crippen LogP contribution in [0.15, 0.2) is 0 Å². The molecule has 0 atom stereocenters. The van der Waals surface area contributed by atoms with Crippen LogP contribution < -0.4 is 5.73 Å². The van der Waals surface area contributed by atoms with Crippen molar-refractivity contribution in [3.8, 4) is 0 Å². The van der Waals surface area contributed by atoms with E-state index in [4.69, 9.17) is 25.1 Å². The van der Waals surface area contributed by atoms with Gasteiger partial charge in [-0.05, 0) is 12.8 Å². The normalized spacial score (nSPS) is 24.7. The van der Waals surface area contributed by atoms with Gasteiger partial charge in [-0.15, -0.1) is 0 Å². The fraction of sp³-hybridized carbons (Fsp3) is 0.900. The number of hydrogen-bond donors (Lipinski definition) is 2. The second kappa shape index (κ2) is 5.44. The molecular weight excluding hydrogens is 198 g/mol. The van der Waals surface area contributed by atoms with Crippen molar-refractivity contribution in [1.82, 2.24) is 0 Å². The molecule has 0 radical (unpaired) electrons. The van der Waals surface area contributed by atoms with E-state index in [-0.39, 0.29) is 5.79 Å². The lowest BCUT2D eigenvalue weighted by Gasteiger charge is -2.33. The van der Waals surface area contributed by atoms with E-state index in [0.29, 0.717) is 6.04 Å². The maximum atomic E-state index is 9.00. The molecule has 0 bridgehead atoms. The Bertz CT molecular complexity index is 199. The first kappa shape index (κ1) is 12.4. The average molecular weight is 217 g/mol. The summed E-state index contributed by atoms with van der Waals surface area (Å²) >= 11 is 0. The molecule has 1 heterocycles. The van der Waals surface area contributed by atoms with E-state index in [1.165, 1.54) is 0 Å². The van der Waals surface area contributed by atoms with E-state index in [1.54, 1.807) is 0 Å². The third-order valence-corrected chi connectivity index (χ3v) is 2.61. The fourth-order valence-corrected chi connectivity index (χ4v) is 1.87. The highest BCUT2D eigenvalue weighted by Gasteiger charge is 2.39. The highest BCUT2D eigenvalue weighted by molar-refractivity contribution is 5.62. The molecule has 3 N–H and O–H groups in total. The molecule has 2 aliphatic rings. The Morgan fingerprint density at radius 3 is 2.13 bits per heavy atom. The number of hydrogen-bond acceptors (Lipinski definition) is 4. The lowest BCUT2D eigenvalue weighted by Crippen LogP contribution is -2.39. The van der Waals surface area contributed by atoms with Crippen LogP contribution in [-0.4, -0.2) is 36.1 Å². The van der Waals surface area contributed by atoms with Crippen LogP contribution in [0.5, 0.6) is 0 Å². The van der Waals surface area contributed by atoms with Gasteiger partial charge in [0.25, 0.3) is 5.97 Å². The molecule has 5 heteroatoms. The number of nitrogens with two attached hydrogens (primary N) is 1. The van der Waals surface area contributed by atoms with Crippen LogP contribution in [0.2, 0.25) is 0 Å². The first-order valence-electron chi connectivity index (χ1n) is 5.27. The van der Waals surface area contributed by atoms with E-state index in [9.17, 15) is 0 Å². The van der Waals surface area contributed by atoms with Crippen LogP contribution in [0, 0.1) is 0 Å². The minimum absolute atomic E-state index is 0.226. The lowest BCUT2D eigenvalue weighted by molar-refractivity contribution is -0.178. The summed E-state index contributed by atoms with van der Waals surface area (Å²) in [5.74, 6) is -1.06. The molecule has 1 saturated heterocycles. The molecule has 88 valence electrons. The second-order valence-electron chi connectivity index (χ2n) is 3.96. The summed E-state index contributed by atoms with van der Waals surface area (Å²) in [6.45, 7) is 2.60. The van der Waals surface area contributed by atoms with Gasteiger partial charge in [-0.1, -0.05) is 0 Å². The number of carbonyl (C=O) groups is 1. The molecule has 2 rings (SSSR count). The Hall–Kier alpha value is -0.650. The molecule has 0 aromatic rings. The topological polar surface area (TPSA) is 81.8 Å². The van der Waals surface area contributed by atoms with Crippen molar-refractivity contribution in [3.63, 3.8) is 0 Å². The second-order valence-corrected chi connectivity index (χ2v) is 3.96. The van der Waals surface area contributed by atoms with E-state index in [2.05, 4.69) is 0 Å². The largest absolute Gasteiger partial charge is 0.481 e. The Morgan fingerprint density at radius 1 is 1.33 bits per heavy atom. The summed E-state index contributed by atoms with van der Waals surface area (Å²) in [4.78, 5) is 9.00. The van der Waals surface area contributed by atoms with Crippen molar-refractivity contribution < 1.29 is 19.4 Å². The summed E-state index contributed by atoms with van der Waals surface area (Å²) in [5.41, 5.74) is 5.77. The highest BCUT2D eigenvalue weighted by atomic mass is 16.7.